The van der Waals surface area contributed by atoms with Crippen LogP contribution >= 0.6 is 0 Å². The van der Waals surface area contributed by atoms with E-state index in [0.717, 1.165) is 30.8 Å². The fourth-order valence-corrected chi connectivity index (χ4v) is 4.44. The Hall–Kier alpha value is -2.17. The highest BCUT2D eigenvalue weighted by molar-refractivity contribution is 6.04. The van der Waals surface area contributed by atoms with Gasteiger partial charge in [-0.15, -0.1) is 0 Å². The van der Waals surface area contributed by atoms with E-state index in [1.165, 1.54) is 69.4 Å². The van der Waals surface area contributed by atoms with Gasteiger partial charge in [0.25, 0.3) is 5.91 Å². The van der Waals surface area contributed by atoms with Crippen molar-refractivity contribution in [3.8, 4) is 0 Å². The van der Waals surface area contributed by atoms with Crippen LogP contribution in [0.4, 0.5) is 5.69 Å². The summed E-state index contributed by atoms with van der Waals surface area (Å²) in [7, 11) is 0. The van der Waals surface area contributed by atoms with Gasteiger partial charge in [-0.05, 0) is 93.7 Å². The molecule has 0 spiro atoms. The largest absolute Gasteiger partial charge is 0.322 e. The first-order valence-electron chi connectivity index (χ1n) is 11.2. The van der Waals surface area contributed by atoms with Gasteiger partial charge in [-0.2, -0.15) is 0 Å². The maximum Gasteiger partial charge on any atom is 0.255 e. The van der Waals surface area contributed by atoms with Crippen LogP contribution in [-0.2, 0) is 13.0 Å². The number of anilines is 1. The van der Waals surface area contributed by atoms with Crippen molar-refractivity contribution in [2.24, 2.45) is 0 Å². The lowest BCUT2D eigenvalue weighted by Gasteiger charge is -2.26. The van der Waals surface area contributed by atoms with Gasteiger partial charge in [-0.3, -0.25) is 9.69 Å². The van der Waals surface area contributed by atoms with Crippen molar-refractivity contribution < 1.29 is 4.79 Å². The van der Waals surface area contributed by atoms with Crippen LogP contribution in [0.2, 0.25) is 0 Å². The summed E-state index contributed by atoms with van der Waals surface area (Å²) < 4.78 is 0. The van der Waals surface area contributed by atoms with Crippen LogP contribution in [0.15, 0.2) is 48.5 Å². The molecule has 2 heterocycles. The van der Waals surface area contributed by atoms with E-state index in [9.17, 15) is 4.79 Å². The Labute approximate surface area is 174 Å². The predicted molar refractivity (Wildman–Crippen MR) is 119 cm³/mol. The number of nitrogens with one attached hydrogen (secondary N) is 1. The number of amides is 1. The first kappa shape index (κ1) is 20.1. The molecule has 0 aliphatic carbocycles. The summed E-state index contributed by atoms with van der Waals surface area (Å²) in [6.07, 6.45) is 7.70. The molecule has 4 heteroatoms. The molecule has 2 saturated heterocycles. The maximum atomic E-state index is 12.7. The molecule has 0 aromatic heterocycles. The van der Waals surface area contributed by atoms with Gasteiger partial charge in [0.2, 0.25) is 0 Å². The lowest BCUT2D eigenvalue weighted by Crippen LogP contribution is -2.31. The number of carbonyl (C=O) groups excluding carboxylic acids is 1. The van der Waals surface area contributed by atoms with E-state index >= 15 is 0 Å². The molecular formula is C25H33N3O. The Kier molecular flexibility index (Phi) is 6.96. The van der Waals surface area contributed by atoms with Gasteiger partial charge in [0.05, 0.1) is 0 Å². The minimum absolute atomic E-state index is 0.0330. The van der Waals surface area contributed by atoms with Gasteiger partial charge in [0.1, 0.15) is 0 Å². The molecule has 0 unspecified atom stereocenters. The molecule has 0 atom stereocenters. The van der Waals surface area contributed by atoms with Crippen molar-refractivity contribution in [1.82, 2.24) is 9.80 Å². The van der Waals surface area contributed by atoms with E-state index < -0.39 is 0 Å². The highest BCUT2D eigenvalue weighted by atomic mass is 16.1. The molecule has 0 radical (unpaired) electrons. The molecule has 0 saturated carbocycles. The van der Waals surface area contributed by atoms with Gasteiger partial charge in [-0.1, -0.05) is 30.7 Å². The summed E-state index contributed by atoms with van der Waals surface area (Å²) in [4.78, 5) is 17.7. The van der Waals surface area contributed by atoms with Crippen LogP contribution in [0.3, 0.4) is 0 Å². The minimum Gasteiger partial charge on any atom is -0.322 e. The number of nitrogens with zero attached hydrogens (tertiary/aromatic N) is 2. The molecule has 4 rings (SSSR count). The summed E-state index contributed by atoms with van der Waals surface area (Å²) in [5.41, 5.74) is 4.14. The van der Waals surface area contributed by atoms with Crippen molar-refractivity contribution in [2.75, 3.05) is 38.0 Å². The molecule has 2 aliphatic rings. The molecule has 0 bridgehead atoms. The molecule has 1 amide bonds. The van der Waals surface area contributed by atoms with Crippen LogP contribution in [0, 0.1) is 0 Å². The van der Waals surface area contributed by atoms with E-state index in [1.54, 1.807) is 0 Å². The fraction of sp³-hybridized carbons (Fsp3) is 0.480. The normalized spacial score (nSPS) is 18.1. The Morgan fingerprint density at radius 2 is 1.48 bits per heavy atom. The van der Waals surface area contributed by atoms with Crippen molar-refractivity contribution in [3.05, 3.63) is 65.2 Å². The number of benzene rings is 2. The quantitative estimate of drug-likeness (QED) is 0.751. The third kappa shape index (κ3) is 5.91. The second kappa shape index (κ2) is 10.0. The first-order chi connectivity index (χ1) is 14.3. The number of hydrogen-bond acceptors (Lipinski definition) is 3. The van der Waals surface area contributed by atoms with Gasteiger partial charge < -0.3 is 10.2 Å². The third-order valence-electron chi connectivity index (χ3n) is 6.17. The molecule has 2 fully saturated rings. The Morgan fingerprint density at radius 3 is 2.24 bits per heavy atom. The predicted octanol–water partition coefficient (Wildman–Crippen LogP) is 4.56. The topological polar surface area (TPSA) is 35.6 Å². The van der Waals surface area contributed by atoms with Crippen LogP contribution in [-0.4, -0.2) is 48.4 Å². The second-order valence-electron chi connectivity index (χ2n) is 8.49. The number of hydrogen-bond donors (Lipinski definition) is 1. The molecule has 4 nitrogen and oxygen atoms in total. The van der Waals surface area contributed by atoms with E-state index in [0.29, 0.717) is 0 Å². The summed E-state index contributed by atoms with van der Waals surface area (Å²) in [5, 5.41) is 3.05. The lowest BCUT2D eigenvalue weighted by molar-refractivity contribution is 0.102. The number of rotatable bonds is 7. The number of carbonyl (C=O) groups is 1. The Morgan fingerprint density at radius 1 is 0.793 bits per heavy atom. The average Bonchev–Trinajstić information content (AvgIpc) is 3.27. The minimum atomic E-state index is -0.0330. The van der Waals surface area contributed by atoms with Gasteiger partial charge >= 0.3 is 0 Å². The van der Waals surface area contributed by atoms with Gasteiger partial charge in [0.15, 0.2) is 0 Å². The Balaban J connectivity index is 1.29. The standard InChI is InChI=1S/C25H33N3O/c29-25(23-8-6-7-22(19-23)20-28-16-4-5-17-28)26-24-11-9-21(10-12-24)13-18-27-14-2-1-3-15-27/h6-12,19H,1-5,13-18,20H2,(H,26,29). The number of piperidine rings is 1. The monoisotopic (exact) mass is 391 g/mol. The highest BCUT2D eigenvalue weighted by Gasteiger charge is 2.13. The van der Waals surface area contributed by atoms with Crippen molar-refractivity contribution >= 4 is 11.6 Å². The van der Waals surface area contributed by atoms with E-state index in [-0.39, 0.29) is 5.91 Å². The average molecular weight is 392 g/mol. The summed E-state index contributed by atoms with van der Waals surface area (Å²) in [5.74, 6) is -0.0330. The first-order valence-corrected chi connectivity index (χ1v) is 11.2. The molecular weight excluding hydrogens is 358 g/mol. The zero-order valence-electron chi connectivity index (χ0n) is 17.4. The highest BCUT2D eigenvalue weighted by Crippen LogP contribution is 2.16. The molecule has 2 aromatic carbocycles. The summed E-state index contributed by atoms with van der Waals surface area (Å²) in [6.45, 7) is 6.89. The van der Waals surface area contributed by atoms with Crippen LogP contribution < -0.4 is 5.32 Å². The van der Waals surface area contributed by atoms with E-state index in [2.05, 4.69) is 33.3 Å². The zero-order chi connectivity index (χ0) is 19.9. The maximum absolute atomic E-state index is 12.7. The molecule has 154 valence electrons. The van der Waals surface area contributed by atoms with Gasteiger partial charge in [-0.25, -0.2) is 0 Å². The lowest BCUT2D eigenvalue weighted by atomic mass is 10.1. The SMILES string of the molecule is O=C(Nc1ccc(CCN2CCCCC2)cc1)c1cccc(CN2CCCC2)c1. The van der Waals surface area contributed by atoms with Gasteiger partial charge in [0, 0.05) is 24.3 Å². The molecule has 1 N–H and O–H groups in total. The second-order valence-corrected chi connectivity index (χ2v) is 8.49. The van der Waals surface area contributed by atoms with E-state index in [4.69, 9.17) is 0 Å². The Bertz CT molecular complexity index is 790. The van der Waals surface area contributed by atoms with E-state index in [1.807, 2.05) is 30.3 Å². The summed E-state index contributed by atoms with van der Waals surface area (Å²) in [6, 6.07) is 16.4. The zero-order valence-corrected chi connectivity index (χ0v) is 17.4. The third-order valence-corrected chi connectivity index (χ3v) is 6.17. The van der Waals surface area contributed by atoms with Crippen molar-refractivity contribution in [1.29, 1.82) is 0 Å². The fourth-order valence-electron chi connectivity index (χ4n) is 4.44. The van der Waals surface area contributed by atoms with Crippen LogP contribution in [0.5, 0.6) is 0 Å². The summed E-state index contributed by atoms with van der Waals surface area (Å²) >= 11 is 0. The van der Waals surface area contributed by atoms with Crippen LogP contribution in [0.1, 0.15) is 53.6 Å². The smallest absolute Gasteiger partial charge is 0.255 e. The van der Waals surface area contributed by atoms with Crippen molar-refractivity contribution in [2.45, 2.75) is 45.1 Å². The molecule has 29 heavy (non-hydrogen) atoms. The van der Waals surface area contributed by atoms with Crippen molar-refractivity contribution in [3.63, 3.8) is 0 Å². The molecule has 2 aliphatic heterocycles. The molecule has 2 aromatic rings. The van der Waals surface area contributed by atoms with Crippen LogP contribution in [0.25, 0.3) is 0 Å². The number of likely N-dealkylation sites (tertiary alicyclic amines) is 2.